The number of hydrogen-bond acceptors (Lipinski definition) is 8. The molecule has 10 nitrogen and oxygen atoms in total. The number of anilines is 1. The Bertz CT molecular complexity index is 1300. The van der Waals surface area contributed by atoms with E-state index in [0.29, 0.717) is 49.7 Å². The number of nitrogens with zero attached hydrogens (tertiary/aromatic N) is 3. The van der Waals surface area contributed by atoms with Gasteiger partial charge in [0.25, 0.3) is 11.8 Å². The lowest BCUT2D eigenvalue weighted by Gasteiger charge is -2.30. The van der Waals surface area contributed by atoms with Gasteiger partial charge in [-0.05, 0) is 43.0 Å². The monoisotopic (exact) mass is 507 g/mol. The number of ether oxygens (including phenoxy) is 2. The molecule has 36 heavy (non-hydrogen) atoms. The van der Waals surface area contributed by atoms with Gasteiger partial charge in [-0.15, -0.1) is 10.2 Å². The molecule has 0 atom stereocenters. The standard InChI is InChI=1S/C25H25N5O5S/c1-15-4-2-3-5-17(15)13-26-21(31)16-8-10-30(11-9-16)25(33)24-29-28-23(36-24)22(32)27-18-6-7-19-20(12-18)35-14-34-19/h2-7,12,16H,8-11,13-14H2,1H3,(H,26,31)(H,27,32). The van der Waals surface area contributed by atoms with E-state index in [1.165, 1.54) is 0 Å². The minimum Gasteiger partial charge on any atom is -0.454 e. The number of fused-ring (bicyclic) bond motifs is 1. The molecule has 11 heteroatoms. The van der Waals surface area contributed by atoms with Crippen LogP contribution in [0.1, 0.15) is 43.6 Å². The Morgan fingerprint density at radius 2 is 1.78 bits per heavy atom. The van der Waals surface area contributed by atoms with Crippen molar-refractivity contribution in [3.63, 3.8) is 0 Å². The average Bonchev–Trinajstić information content (AvgIpc) is 3.57. The van der Waals surface area contributed by atoms with Gasteiger partial charge in [-0.25, -0.2) is 0 Å². The number of likely N-dealkylation sites (tertiary alicyclic amines) is 1. The molecule has 2 aliphatic rings. The van der Waals surface area contributed by atoms with Crippen LogP contribution in [0.25, 0.3) is 0 Å². The Kier molecular flexibility index (Phi) is 6.81. The second-order valence-corrected chi connectivity index (χ2v) is 9.62. The molecule has 3 aromatic rings. The third-order valence-electron chi connectivity index (χ3n) is 6.30. The molecule has 0 unspecified atom stereocenters. The molecule has 5 rings (SSSR count). The third-order valence-corrected chi connectivity index (χ3v) is 7.21. The van der Waals surface area contributed by atoms with E-state index in [-0.39, 0.29) is 34.5 Å². The fourth-order valence-corrected chi connectivity index (χ4v) is 4.88. The van der Waals surface area contributed by atoms with Gasteiger partial charge in [0.15, 0.2) is 11.5 Å². The van der Waals surface area contributed by atoms with E-state index in [1.54, 1.807) is 23.1 Å². The minimum absolute atomic E-state index is 0.00346. The van der Waals surface area contributed by atoms with Crippen molar-refractivity contribution in [2.45, 2.75) is 26.3 Å². The number of carbonyl (C=O) groups is 3. The lowest BCUT2D eigenvalue weighted by atomic mass is 9.95. The van der Waals surface area contributed by atoms with Crippen molar-refractivity contribution >= 4 is 34.7 Å². The topological polar surface area (TPSA) is 123 Å². The summed E-state index contributed by atoms with van der Waals surface area (Å²) in [4.78, 5) is 39.8. The highest BCUT2D eigenvalue weighted by Crippen LogP contribution is 2.34. The molecule has 1 aromatic heterocycles. The smallest absolute Gasteiger partial charge is 0.286 e. The molecule has 3 heterocycles. The largest absolute Gasteiger partial charge is 0.454 e. The Morgan fingerprint density at radius 3 is 2.58 bits per heavy atom. The van der Waals surface area contributed by atoms with Gasteiger partial charge in [0.2, 0.25) is 22.7 Å². The van der Waals surface area contributed by atoms with E-state index in [9.17, 15) is 14.4 Å². The van der Waals surface area contributed by atoms with Gasteiger partial charge >= 0.3 is 0 Å². The van der Waals surface area contributed by atoms with E-state index < -0.39 is 5.91 Å². The second kappa shape index (κ2) is 10.3. The quantitative estimate of drug-likeness (QED) is 0.526. The number of piperidine rings is 1. The maximum absolute atomic E-state index is 12.9. The van der Waals surface area contributed by atoms with E-state index in [2.05, 4.69) is 20.8 Å². The summed E-state index contributed by atoms with van der Waals surface area (Å²) < 4.78 is 10.6. The van der Waals surface area contributed by atoms with E-state index in [1.807, 2.05) is 31.2 Å². The number of nitrogens with one attached hydrogen (secondary N) is 2. The molecule has 0 bridgehead atoms. The van der Waals surface area contributed by atoms with Crippen LogP contribution in [-0.2, 0) is 11.3 Å². The van der Waals surface area contributed by atoms with Crippen LogP contribution in [0.2, 0.25) is 0 Å². The first-order valence-electron chi connectivity index (χ1n) is 11.6. The maximum Gasteiger partial charge on any atom is 0.286 e. The van der Waals surface area contributed by atoms with Crippen LogP contribution in [0.3, 0.4) is 0 Å². The first-order chi connectivity index (χ1) is 17.5. The van der Waals surface area contributed by atoms with E-state index >= 15 is 0 Å². The van der Waals surface area contributed by atoms with Gasteiger partial charge in [-0.1, -0.05) is 35.6 Å². The molecule has 2 N–H and O–H groups in total. The fourth-order valence-electron chi connectivity index (χ4n) is 4.18. The Labute approximate surface area is 211 Å². The van der Waals surface area contributed by atoms with Crippen molar-refractivity contribution in [1.29, 1.82) is 0 Å². The molecule has 2 aliphatic heterocycles. The third kappa shape index (κ3) is 5.15. The summed E-state index contributed by atoms with van der Waals surface area (Å²) in [6.45, 7) is 3.54. The van der Waals surface area contributed by atoms with Gasteiger partial charge in [-0.3, -0.25) is 14.4 Å². The van der Waals surface area contributed by atoms with Crippen LogP contribution >= 0.6 is 11.3 Å². The molecule has 2 aromatic carbocycles. The summed E-state index contributed by atoms with van der Waals surface area (Å²) in [6, 6.07) is 13.0. The first-order valence-corrected chi connectivity index (χ1v) is 12.5. The van der Waals surface area contributed by atoms with Gasteiger partial charge in [0.1, 0.15) is 0 Å². The predicted molar refractivity (Wildman–Crippen MR) is 132 cm³/mol. The number of hydrogen-bond donors (Lipinski definition) is 2. The summed E-state index contributed by atoms with van der Waals surface area (Å²) >= 11 is 0.941. The lowest BCUT2D eigenvalue weighted by molar-refractivity contribution is -0.126. The summed E-state index contributed by atoms with van der Waals surface area (Å²) in [5.41, 5.74) is 2.75. The van der Waals surface area contributed by atoms with Crippen molar-refractivity contribution in [3.05, 3.63) is 63.6 Å². The van der Waals surface area contributed by atoms with Crippen LogP contribution in [-0.4, -0.2) is 52.7 Å². The molecule has 3 amide bonds. The highest BCUT2D eigenvalue weighted by Gasteiger charge is 2.30. The van der Waals surface area contributed by atoms with Gasteiger partial charge in [0.05, 0.1) is 0 Å². The highest BCUT2D eigenvalue weighted by molar-refractivity contribution is 7.15. The molecule has 0 radical (unpaired) electrons. The Balaban J connectivity index is 1.12. The number of aromatic nitrogens is 2. The van der Waals surface area contributed by atoms with Crippen LogP contribution in [0.4, 0.5) is 5.69 Å². The normalized spacial score (nSPS) is 15.0. The van der Waals surface area contributed by atoms with Crippen molar-refractivity contribution < 1.29 is 23.9 Å². The Hall–Kier alpha value is -3.99. The van der Waals surface area contributed by atoms with Gasteiger partial charge in [0, 0.05) is 37.3 Å². The van der Waals surface area contributed by atoms with Crippen LogP contribution in [0, 0.1) is 12.8 Å². The van der Waals surface area contributed by atoms with Crippen molar-refractivity contribution in [2.75, 3.05) is 25.2 Å². The predicted octanol–water partition coefficient (Wildman–Crippen LogP) is 3.00. The second-order valence-electron chi connectivity index (χ2n) is 8.65. The van der Waals surface area contributed by atoms with Crippen LogP contribution in [0.15, 0.2) is 42.5 Å². The lowest BCUT2D eigenvalue weighted by Crippen LogP contribution is -2.43. The van der Waals surface area contributed by atoms with E-state index in [0.717, 1.165) is 22.5 Å². The van der Waals surface area contributed by atoms with Crippen molar-refractivity contribution in [3.8, 4) is 11.5 Å². The number of amides is 3. The molecule has 1 saturated heterocycles. The van der Waals surface area contributed by atoms with Crippen molar-refractivity contribution in [2.24, 2.45) is 5.92 Å². The fraction of sp³-hybridized carbons (Fsp3) is 0.320. The highest BCUT2D eigenvalue weighted by atomic mass is 32.1. The molecule has 0 spiro atoms. The number of carbonyl (C=O) groups excluding carboxylic acids is 3. The molecular weight excluding hydrogens is 482 g/mol. The van der Waals surface area contributed by atoms with Gasteiger partial charge in [-0.2, -0.15) is 0 Å². The molecule has 0 saturated carbocycles. The number of aryl methyl sites for hydroxylation is 1. The summed E-state index contributed by atoms with van der Waals surface area (Å²) in [7, 11) is 0. The molecule has 186 valence electrons. The zero-order chi connectivity index (χ0) is 25.1. The summed E-state index contributed by atoms with van der Waals surface area (Å²) in [5, 5.41) is 13.8. The summed E-state index contributed by atoms with van der Waals surface area (Å²) in [6.07, 6.45) is 1.14. The Morgan fingerprint density at radius 1 is 1.03 bits per heavy atom. The van der Waals surface area contributed by atoms with E-state index in [4.69, 9.17) is 9.47 Å². The average molecular weight is 508 g/mol. The molecule has 0 aliphatic carbocycles. The first kappa shape index (κ1) is 23.7. The molecular formula is C25H25N5O5S. The molecule has 1 fully saturated rings. The zero-order valence-corrected chi connectivity index (χ0v) is 20.5. The van der Waals surface area contributed by atoms with Crippen LogP contribution in [0.5, 0.6) is 11.5 Å². The zero-order valence-electron chi connectivity index (χ0n) is 19.7. The van der Waals surface area contributed by atoms with Crippen LogP contribution < -0.4 is 20.1 Å². The number of rotatable bonds is 6. The SMILES string of the molecule is Cc1ccccc1CNC(=O)C1CCN(C(=O)c2nnc(C(=O)Nc3ccc4c(c3)OCO4)s2)CC1. The van der Waals surface area contributed by atoms with Crippen molar-refractivity contribution in [1.82, 2.24) is 20.4 Å². The minimum atomic E-state index is -0.463. The van der Waals surface area contributed by atoms with Gasteiger partial charge < -0.3 is 25.0 Å². The number of benzene rings is 2. The maximum atomic E-state index is 12.9. The summed E-state index contributed by atoms with van der Waals surface area (Å²) in [5.74, 6) is 0.277.